The topological polar surface area (TPSA) is 82.6 Å². The van der Waals surface area contributed by atoms with Crippen molar-refractivity contribution in [3.63, 3.8) is 0 Å². The van der Waals surface area contributed by atoms with E-state index in [0.29, 0.717) is 29.8 Å². The second kappa shape index (κ2) is 7.68. The summed E-state index contributed by atoms with van der Waals surface area (Å²) in [6.45, 7) is 0.317. The van der Waals surface area contributed by atoms with E-state index in [0.717, 1.165) is 11.1 Å². The van der Waals surface area contributed by atoms with Gasteiger partial charge >= 0.3 is 0 Å². The van der Waals surface area contributed by atoms with Gasteiger partial charge in [0.25, 0.3) is 11.8 Å². The molecule has 7 heteroatoms. The summed E-state index contributed by atoms with van der Waals surface area (Å²) in [7, 11) is 0. The van der Waals surface area contributed by atoms with Crippen LogP contribution in [0.15, 0.2) is 73.1 Å². The lowest BCUT2D eigenvalue weighted by Gasteiger charge is -2.40. The Balaban J connectivity index is 1.40. The molecule has 154 valence electrons. The quantitative estimate of drug-likeness (QED) is 0.698. The zero-order valence-corrected chi connectivity index (χ0v) is 16.7. The third-order valence-corrected chi connectivity index (χ3v) is 5.68. The molecule has 3 amide bonds. The molecule has 0 spiro atoms. The predicted molar refractivity (Wildman–Crippen MR) is 114 cm³/mol. The summed E-state index contributed by atoms with van der Waals surface area (Å²) in [5.41, 5.74) is 3.36. The molecule has 0 radical (unpaired) electrons. The zero-order valence-electron chi connectivity index (χ0n) is 16.7. The molecule has 3 aromatic rings. The molecule has 0 saturated heterocycles. The first-order valence-electron chi connectivity index (χ1n) is 10.1. The van der Waals surface area contributed by atoms with Crippen molar-refractivity contribution in [2.75, 3.05) is 18.0 Å². The monoisotopic (exact) mass is 412 g/mol. The Morgan fingerprint density at radius 2 is 1.61 bits per heavy atom. The molecule has 1 unspecified atom stereocenters. The van der Waals surface area contributed by atoms with Crippen molar-refractivity contribution in [2.24, 2.45) is 0 Å². The number of amides is 3. The van der Waals surface area contributed by atoms with Crippen LogP contribution < -0.4 is 10.2 Å². The van der Waals surface area contributed by atoms with Gasteiger partial charge in [0.1, 0.15) is 12.7 Å². The average molecular weight is 412 g/mol. The van der Waals surface area contributed by atoms with E-state index in [2.05, 4.69) is 10.3 Å². The summed E-state index contributed by atoms with van der Waals surface area (Å²) in [5, 5.41) is 2.88. The first-order valence-corrected chi connectivity index (χ1v) is 10.1. The Kier molecular flexibility index (Phi) is 4.71. The summed E-state index contributed by atoms with van der Waals surface area (Å²) in [6, 6.07) is 18.1. The zero-order chi connectivity index (χ0) is 21.4. The van der Waals surface area contributed by atoms with Crippen LogP contribution in [0.4, 0.5) is 5.69 Å². The van der Waals surface area contributed by atoms with E-state index in [1.54, 1.807) is 53.7 Å². The number of hydrogen-bond acceptors (Lipinski definition) is 4. The van der Waals surface area contributed by atoms with Crippen LogP contribution in [0.25, 0.3) is 0 Å². The lowest BCUT2D eigenvalue weighted by Crippen LogP contribution is -2.51. The van der Waals surface area contributed by atoms with E-state index in [1.807, 2.05) is 24.3 Å². The first-order chi connectivity index (χ1) is 15.1. The average Bonchev–Trinajstić information content (AvgIpc) is 3.10. The summed E-state index contributed by atoms with van der Waals surface area (Å²) in [4.78, 5) is 46.3. The van der Waals surface area contributed by atoms with Gasteiger partial charge in [-0.25, -0.2) is 0 Å². The maximum atomic E-state index is 13.3. The van der Waals surface area contributed by atoms with Crippen molar-refractivity contribution >= 4 is 23.4 Å². The number of hydrogen-bond donors (Lipinski definition) is 1. The highest BCUT2D eigenvalue weighted by Gasteiger charge is 2.47. The maximum absolute atomic E-state index is 13.3. The van der Waals surface area contributed by atoms with Crippen molar-refractivity contribution in [3.8, 4) is 0 Å². The van der Waals surface area contributed by atoms with Crippen molar-refractivity contribution in [3.05, 3.63) is 95.3 Å². The van der Waals surface area contributed by atoms with Gasteiger partial charge in [-0.05, 0) is 42.3 Å². The van der Waals surface area contributed by atoms with Crippen LogP contribution in [0.1, 0.15) is 38.0 Å². The smallest absolute Gasteiger partial charge is 0.260 e. The highest BCUT2D eigenvalue weighted by atomic mass is 16.2. The maximum Gasteiger partial charge on any atom is 0.260 e. The molecule has 1 aromatic heterocycles. The van der Waals surface area contributed by atoms with Crippen molar-refractivity contribution in [2.45, 2.75) is 12.6 Å². The summed E-state index contributed by atoms with van der Waals surface area (Å²) in [6.07, 6.45) is 3.47. The van der Waals surface area contributed by atoms with Gasteiger partial charge in [0.2, 0.25) is 5.91 Å². The molecule has 0 aliphatic carbocycles. The first kappa shape index (κ1) is 19.0. The number of pyridine rings is 1. The highest BCUT2D eigenvalue weighted by Crippen LogP contribution is 2.44. The molecule has 0 saturated carbocycles. The van der Waals surface area contributed by atoms with E-state index in [4.69, 9.17) is 0 Å². The molecule has 0 bridgehead atoms. The van der Waals surface area contributed by atoms with Gasteiger partial charge in [0, 0.05) is 30.1 Å². The fourth-order valence-corrected chi connectivity index (χ4v) is 4.24. The van der Waals surface area contributed by atoms with Crippen molar-refractivity contribution < 1.29 is 14.4 Å². The summed E-state index contributed by atoms with van der Waals surface area (Å²) < 4.78 is 0. The molecule has 7 nitrogen and oxygen atoms in total. The third-order valence-electron chi connectivity index (χ3n) is 5.68. The SMILES string of the molecule is O=C(CN1C(=O)c2ccccc2N2C(=O)c3ccccc3C12)NCCc1ccncc1. The second-order valence-corrected chi connectivity index (χ2v) is 7.54. The van der Waals surface area contributed by atoms with E-state index in [9.17, 15) is 14.4 Å². The van der Waals surface area contributed by atoms with Crippen LogP contribution in [-0.2, 0) is 11.2 Å². The number of rotatable bonds is 5. The molecule has 1 N–H and O–H groups in total. The van der Waals surface area contributed by atoms with Crippen LogP contribution in [0.5, 0.6) is 0 Å². The number of carbonyl (C=O) groups is 3. The number of aromatic nitrogens is 1. The molecule has 1 atom stereocenters. The number of anilines is 1. The minimum absolute atomic E-state index is 0.133. The Hall–Kier alpha value is -4.00. The van der Waals surface area contributed by atoms with Crippen LogP contribution in [0, 0.1) is 0 Å². The van der Waals surface area contributed by atoms with Crippen LogP contribution >= 0.6 is 0 Å². The minimum Gasteiger partial charge on any atom is -0.354 e. The van der Waals surface area contributed by atoms with Crippen molar-refractivity contribution in [1.82, 2.24) is 15.2 Å². The molecule has 2 aliphatic rings. The van der Waals surface area contributed by atoms with Gasteiger partial charge in [0.05, 0.1) is 11.3 Å². The van der Waals surface area contributed by atoms with E-state index >= 15 is 0 Å². The number of nitrogens with zero attached hydrogens (tertiary/aromatic N) is 3. The van der Waals surface area contributed by atoms with E-state index in [1.165, 1.54) is 4.90 Å². The molecular weight excluding hydrogens is 392 g/mol. The molecule has 3 heterocycles. The van der Waals surface area contributed by atoms with Gasteiger partial charge < -0.3 is 10.2 Å². The summed E-state index contributed by atoms with van der Waals surface area (Å²) >= 11 is 0. The fourth-order valence-electron chi connectivity index (χ4n) is 4.24. The molecular formula is C24H20N4O3. The standard InChI is InChI=1S/C24H20N4O3/c29-21(26-14-11-16-9-12-25-13-10-16)15-27-22-17-5-1-2-6-18(17)24(31)28(22)20-8-4-3-7-19(20)23(27)30/h1-10,12-13,22H,11,14-15H2,(H,26,29). The van der Waals surface area contributed by atoms with Gasteiger partial charge in [-0.3, -0.25) is 24.3 Å². The van der Waals surface area contributed by atoms with Gasteiger partial charge in [-0.1, -0.05) is 30.3 Å². The summed E-state index contributed by atoms with van der Waals surface area (Å²) in [5.74, 6) is -0.687. The van der Waals surface area contributed by atoms with Gasteiger partial charge in [-0.15, -0.1) is 0 Å². The van der Waals surface area contributed by atoms with Crippen LogP contribution in [0.2, 0.25) is 0 Å². The number of benzene rings is 2. The lowest BCUT2D eigenvalue weighted by atomic mass is 10.0. The predicted octanol–water partition coefficient (Wildman–Crippen LogP) is 2.56. The second-order valence-electron chi connectivity index (χ2n) is 7.54. The largest absolute Gasteiger partial charge is 0.354 e. The molecule has 31 heavy (non-hydrogen) atoms. The van der Waals surface area contributed by atoms with Gasteiger partial charge in [-0.2, -0.15) is 0 Å². The van der Waals surface area contributed by atoms with Gasteiger partial charge in [0.15, 0.2) is 0 Å². The third kappa shape index (κ3) is 3.24. The molecule has 2 aliphatic heterocycles. The van der Waals surface area contributed by atoms with E-state index < -0.39 is 6.17 Å². The number of nitrogens with one attached hydrogen (secondary N) is 1. The minimum atomic E-state index is -0.628. The Bertz CT molecular complexity index is 1180. The Morgan fingerprint density at radius 1 is 0.903 bits per heavy atom. The van der Waals surface area contributed by atoms with Crippen LogP contribution in [-0.4, -0.2) is 40.7 Å². The van der Waals surface area contributed by atoms with E-state index in [-0.39, 0.29) is 24.3 Å². The number of carbonyl (C=O) groups excluding carboxylic acids is 3. The molecule has 0 fully saturated rings. The Morgan fingerprint density at radius 3 is 2.42 bits per heavy atom. The number of fused-ring (bicyclic) bond motifs is 5. The highest BCUT2D eigenvalue weighted by molar-refractivity contribution is 6.17. The van der Waals surface area contributed by atoms with Crippen molar-refractivity contribution in [1.29, 1.82) is 0 Å². The van der Waals surface area contributed by atoms with Crippen LogP contribution in [0.3, 0.4) is 0 Å². The molecule has 5 rings (SSSR count). The number of para-hydroxylation sites is 1. The Labute approximate surface area is 179 Å². The molecule has 2 aromatic carbocycles. The lowest BCUT2D eigenvalue weighted by molar-refractivity contribution is -0.122. The normalized spacial score (nSPS) is 16.6. The fraction of sp³-hybridized carbons (Fsp3) is 0.167.